The summed E-state index contributed by atoms with van der Waals surface area (Å²) in [5, 5.41) is 2.78. The second-order valence-electron chi connectivity index (χ2n) is 7.24. The molecule has 0 fully saturated rings. The van der Waals surface area contributed by atoms with E-state index in [4.69, 9.17) is 9.47 Å². The number of hydrogen-bond donors (Lipinski definition) is 1. The Labute approximate surface area is 166 Å². The van der Waals surface area contributed by atoms with E-state index in [0.717, 1.165) is 16.9 Å². The molecule has 3 rings (SSSR count). The SMILES string of the molecule is CC(C)(C)OC(=O)N1CC(=O)c2sc(NC(=O)OCc3ccccc3)nc2C1. The lowest BCUT2D eigenvalue weighted by molar-refractivity contribution is 0.0219. The Morgan fingerprint density at radius 1 is 1.21 bits per heavy atom. The Bertz CT molecular complexity index is 889. The highest BCUT2D eigenvalue weighted by Gasteiger charge is 2.32. The number of amides is 2. The molecule has 1 aliphatic rings. The second kappa shape index (κ2) is 7.97. The van der Waals surface area contributed by atoms with E-state index in [1.54, 1.807) is 20.8 Å². The van der Waals surface area contributed by atoms with Gasteiger partial charge in [0.05, 0.1) is 23.7 Å². The first-order valence-electron chi connectivity index (χ1n) is 8.70. The lowest BCUT2D eigenvalue weighted by Gasteiger charge is -2.28. The average Bonchev–Trinajstić information content (AvgIpc) is 3.02. The number of aromatic nitrogens is 1. The molecule has 9 heteroatoms. The minimum absolute atomic E-state index is 0.0813. The number of benzene rings is 1. The molecule has 8 nitrogen and oxygen atoms in total. The van der Waals surface area contributed by atoms with Crippen molar-refractivity contribution in [1.82, 2.24) is 9.88 Å². The molecule has 0 saturated carbocycles. The van der Waals surface area contributed by atoms with E-state index in [0.29, 0.717) is 10.6 Å². The third-order valence-corrected chi connectivity index (χ3v) is 4.75. The normalized spacial score (nSPS) is 13.7. The molecule has 1 aromatic heterocycles. The maximum Gasteiger partial charge on any atom is 0.413 e. The molecule has 0 atom stereocenters. The zero-order valence-electron chi connectivity index (χ0n) is 15.9. The van der Waals surface area contributed by atoms with Gasteiger partial charge in [-0.15, -0.1) is 0 Å². The number of anilines is 1. The molecule has 2 aromatic rings. The largest absolute Gasteiger partial charge is 0.444 e. The highest BCUT2D eigenvalue weighted by molar-refractivity contribution is 7.17. The first-order valence-corrected chi connectivity index (χ1v) is 9.51. The minimum Gasteiger partial charge on any atom is -0.444 e. The molecule has 0 saturated heterocycles. The fraction of sp³-hybridized carbons (Fsp3) is 0.368. The van der Waals surface area contributed by atoms with Gasteiger partial charge in [0.1, 0.15) is 12.2 Å². The van der Waals surface area contributed by atoms with Crippen molar-refractivity contribution in [3.8, 4) is 0 Å². The summed E-state index contributed by atoms with van der Waals surface area (Å²) < 4.78 is 10.5. The van der Waals surface area contributed by atoms with Crippen LogP contribution in [-0.2, 0) is 22.6 Å². The number of carbonyl (C=O) groups is 3. The van der Waals surface area contributed by atoms with Crippen LogP contribution in [0.15, 0.2) is 30.3 Å². The van der Waals surface area contributed by atoms with E-state index in [-0.39, 0.29) is 30.6 Å². The molecule has 148 valence electrons. The predicted octanol–water partition coefficient (Wildman–Crippen LogP) is 3.83. The third kappa shape index (κ3) is 5.07. The maximum atomic E-state index is 12.4. The molecule has 0 radical (unpaired) electrons. The molecule has 1 aliphatic heterocycles. The van der Waals surface area contributed by atoms with Crippen LogP contribution >= 0.6 is 11.3 Å². The van der Waals surface area contributed by atoms with Crippen molar-refractivity contribution in [1.29, 1.82) is 0 Å². The van der Waals surface area contributed by atoms with E-state index in [1.807, 2.05) is 30.3 Å². The van der Waals surface area contributed by atoms with Crippen molar-refractivity contribution in [3.05, 3.63) is 46.5 Å². The average molecular weight is 403 g/mol. The van der Waals surface area contributed by atoms with Crippen LogP contribution in [0.5, 0.6) is 0 Å². The van der Waals surface area contributed by atoms with Crippen LogP contribution in [0.25, 0.3) is 0 Å². The lowest BCUT2D eigenvalue weighted by Crippen LogP contribution is -2.42. The van der Waals surface area contributed by atoms with Gasteiger partial charge in [-0.1, -0.05) is 41.7 Å². The summed E-state index contributed by atoms with van der Waals surface area (Å²) in [4.78, 5) is 42.5. The van der Waals surface area contributed by atoms with Crippen molar-refractivity contribution in [2.75, 3.05) is 11.9 Å². The fourth-order valence-corrected chi connectivity index (χ4v) is 3.40. The number of nitrogens with one attached hydrogen (secondary N) is 1. The Kier molecular flexibility index (Phi) is 5.64. The summed E-state index contributed by atoms with van der Waals surface area (Å²) >= 11 is 1.07. The number of fused-ring (bicyclic) bond motifs is 1. The van der Waals surface area contributed by atoms with Crippen molar-refractivity contribution >= 4 is 34.4 Å². The third-order valence-electron chi connectivity index (χ3n) is 3.70. The van der Waals surface area contributed by atoms with Crippen molar-refractivity contribution < 1.29 is 23.9 Å². The van der Waals surface area contributed by atoms with E-state index in [9.17, 15) is 14.4 Å². The Morgan fingerprint density at radius 3 is 2.61 bits per heavy atom. The monoisotopic (exact) mass is 403 g/mol. The summed E-state index contributed by atoms with van der Waals surface area (Å²) in [5.74, 6) is -0.240. The Hall–Kier alpha value is -2.94. The van der Waals surface area contributed by atoms with Crippen LogP contribution in [0.2, 0.25) is 0 Å². The van der Waals surface area contributed by atoms with Crippen LogP contribution < -0.4 is 5.32 Å². The van der Waals surface area contributed by atoms with Gasteiger partial charge in [0.15, 0.2) is 10.9 Å². The number of thiazole rings is 1. The molecule has 0 spiro atoms. The number of carbonyl (C=O) groups excluding carboxylic acids is 3. The van der Waals surface area contributed by atoms with Gasteiger partial charge in [0, 0.05) is 0 Å². The fourth-order valence-electron chi connectivity index (χ4n) is 2.51. The zero-order valence-corrected chi connectivity index (χ0v) is 16.7. The number of Topliss-reactive ketones (excluding diaryl/α,β-unsaturated/α-hetero) is 1. The first-order chi connectivity index (χ1) is 13.2. The van der Waals surface area contributed by atoms with Crippen LogP contribution in [0.1, 0.15) is 41.7 Å². The maximum absolute atomic E-state index is 12.4. The first kappa shape index (κ1) is 19.8. The second-order valence-corrected chi connectivity index (χ2v) is 8.24. The summed E-state index contributed by atoms with van der Waals surface area (Å²) in [7, 11) is 0. The summed E-state index contributed by atoms with van der Waals surface area (Å²) in [6.45, 7) is 5.47. The van der Waals surface area contributed by atoms with Gasteiger partial charge in [-0.2, -0.15) is 0 Å². The smallest absolute Gasteiger partial charge is 0.413 e. The summed E-state index contributed by atoms with van der Waals surface area (Å²) in [6.07, 6.45) is -1.23. The van der Waals surface area contributed by atoms with Gasteiger partial charge in [-0.25, -0.2) is 14.6 Å². The topological polar surface area (TPSA) is 97.8 Å². The molecule has 28 heavy (non-hydrogen) atoms. The highest BCUT2D eigenvalue weighted by Crippen LogP contribution is 2.29. The quantitative estimate of drug-likeness (QED) is 0.836. The molecule has 2 heterocycles. The van der Waals surface area contributed by atoms with Crippen LogP contribution in [0.3, 0.4) is 0 Å². The number of nitrogens with zero attached hydrogens (tertiary/aromatic N) is 2. The molecule has 0 aliphatic carbocycles. The van der Waals surface area contributed by atoms with Gasteiger partial charge in [-0.3, -0.25) is 15.0 Å². The molecule has 1 aromatic carbocycles. The summed E-state index contributed by atoms with van der Waals surface area (Å²) in [6, 6.07) is 9.28. The van der Waals surface area contributed by atoms with Gasteiger partial charge < -0.3 is 9.47 Å². The van der Waals surface area contributed by atoms with E-state index < -0.39 is 17.8 Å². The van der Waals surface area contributed by atoms with Gasteiger partial charge in [-0.05, 0) is 26.3 Å². The Balaban J connectivity index is 1.61. The summed E-state index contributed by atoms with van der Waals surface area (Å²) in [5.41, 5.74) is 0.641. The van der Waals surface area contributed by atoms with Gasteiger partial charge in [0.2, 0.25) is 0 Å². The van der Waals surface area contributed by atoms with Crippen LogP contribution in [0, 0.1) is 0 Å². The van der Waals surface area contributed by atoms with Gasteiger partial charge in [0.25, 0.3) is 0 Å². The molecular formula is C19H21N3O5S. The lowest BCUT2D eigenvalue weighted by atomic mass is 10.1. The van der Waals surface area contributed by atoms with Gasteiger partial charge >= 0.3 is 12.2 Å². The number of rotatable bonds is 3. The van der Waals surface area contributed by atoms with E-state index >= 15 is 0 Å². The standard InChI is InChI=1S/C19H21N3O5S/c1-19(2,3)27-18(25)22-9-13-15(14(23)10-22)28-16(20-13)21-17(24)26-11-12-7-5-4-6-8-12/h4-8H,9-11H2,1-3H3,(H,20,21,24). The van der Waals surface area contributed by atoms with Crippen molar-refractivity contribution in [3.63, 3.8) is 0 Å². The number of ether oxygens (including phenoxy) is 2. The number of hydrogen-bond acceptors (Lipinski definition) is 7. The Morgan fingerprint density at radius 2 is 1.93 bits per heavy atom. The van der Waals surface area contributed by atoms with Crippen LogP contribution in [0.4, 0.5) is 14.7 Å². The van der Waals surface area contributed by atoms with Crippen LogP contribution in [-0.4, -0.2) is 40.0 Å². The van der Waals surface area contributed by atoms with E-state index in [2.05, 4.69) is 10.3 Å². The molecular weight excluding hydrogens is 382 g/mol. The molecule has 0 unspecified atom stereocenters. The predicted molar refractivity (Wildman–Crippen MR) is 103 cm³/mol. The molecule has 2 amide bonds. The van der Waals surface area contributed by atoms with Crippen molar-refractivity contribution in [2.24, 2.45) is 0 Å². The minimum atomic E-state index is -0.661. The van der Waals surface area contributed by atoms with E-state index in [1.165, 1.54) is 4.90 Å². The molecule has 0 bridgehead atoms. The number of ketones is 1. The van der Waals surface area contributed by atoms with Crippen molar-refractivity contribution in [2.45, 2.75) is 39.5 Å². The molecule has 1 N–H and O–H groups in total. The highest BCUT2D eigenvalue weighted by atomic mass is 32.1. The zero-order chi connectivity index (χ0) is 20.3.